The average Bonchev–Trinajstić information content (AvgIpc) is 2.09. The highest BCUT2D eigenvalue weighted by Gasteiger charge is 1.98. The van der Waals surface area contributed by atoms with Gasteiger partial charge in [-0.15, -0.1) is 0 Å². The first kappa shape index (κ1) is 9.32. The third kappa shape index (κ3) is 2.63. The van der Waals surface area contributed by atoms with Gasteiger partial charge in [-0.25, -0.2) is 4.39 Å². The van der Waals surface area contributed by atoms with Crippen molar-refractivity contribution in [1.29, 1.82) is 0 Å². The maximum absolute atomic E-state index is 13.1. The summed E-state index contributed by atoms with van der Waals surface area (Å²) in [4.78, 5) is 0. The Morgan fingerprint density at radius 1 is 1.46 bits per heavy atom. The van der Waals surface area contributed by atoms with Crippen LogP contribution >= 0.6 is 0 Å². The van der Waals surface area contributed by atoms with Gasteiger partial charge in [0.1, 0.15) is 5.82 Å². The van der Waals surface area contributed by atoms with Crippen LogP contribution in [0, 0.1) is 5.82 Å². The van der Waals surface area contributed by atoms with Gasteiger partial charge >= 0.3 is 0 Å². The predicted molar refractivity (Wildman–Crippen MR) is 53.8 cm³/mol. The maximum Gasteiger partial charge on any atom is 0.148 e. The Balaban J connectivity index is 2.77. The number of nitrogen functional groups attached to an aromatic ring is 1. The molecule has 3 heteroatoms. The van der Waals surface area contributed by atoms with Crippen molar-refractivity contribution >= 4 is 11.4 Å². The van der Waals surface area contributed by atoms with Crippen LogP contribution in [0.1, 0.15) is 0 Å². The molecule has 0 fully saturated rings. The molecule has 0 saturated heterocycles. The Morgan fingerprint density at radius 3 is 2.85 bits per heavy atom. The van der Waals surface area contributed by atoms with E-state index in [0.717, 1.165) is 0 Å². The van der Waals surface area contributed by atoms with E-state index in [4.69, 9.17) is 5.73 Å². The second-order valence-corrected chi connectivity index (χ2v) is 2.48. The molecule has 0 amide bonds. The molecule has 0 aliphatic heterocycles. The monoisotopic (exact) mass is 178 g/mol. The van der Waals surface area contributed by atoms with Gasteiger partial charge in [0.2, 0.25) is 0 Å². The van der Waals surface area contributed by atoms with Crippen molar-refractivity contribution in [2.24, 2.45) is 0 Å². The molecule has 0 aromatic heterocycles. The number of nitrogens with two attached hydrogens (primary N) is 1. The van der Waals surface area contributed by atoms with Crippen LogP contribution in [0.5, 0.6) is 0 Å². The number of allylic oxidation sites excluding steroid dienone is 2. The fourth-order valence-electron chi connectivity index (χ4n) is 0.854. The van der Waals surface area contributed by atoms with Gasteiger partial charge in [-0.3, -0.25) is 0 Å². The zero-order valence-electron chi connectivity index (χ0n) is 7.13. The van der Waals surface area contributed by atoms with Crippen LogP contribution in [0.3, 0.4) is 0 Å². The highest BCUT2D eigenvalue weighted by molar-refractivity contribution is 5.53. The fraction of sp³-hybridized carbons (Fsp3) is 0. The largest absolute Gasteiger partial charge is 0.399 e. The molecule has 1 aromatic carbocycles. The highest BCUT2D eigenvalue weighted by Crippen LogP contribution is 2.16. The van der Waals surface area contributed by atoms with E-state index in [-0.39, 0.29) is 5.82 Å². The zero-order chi connectivity index (χ0) is 9.68. The highest BCUT2D eigenvalue weighted by atomic mass is 19.1. The van der Waals surface area contributed by atoms with E-state index in [1.165, 1.54) is 6.07 Å². The SMILES string of the molecule is C=C/C=C\Nc1ccc(N)cc1F. The molecule has 0 radical (unpaired) electrons. The van der Waals surface area contributed by atoms with Gasteiger partial charge in [0.25, 0.3) is 0 Å². The second-order valence-electron chi connectivity index (χ2n) is 2.48. The van der Waals surface area contributed by atoms with Gasteiger partial charge in [0.05, 0.1) is 5.69 Å². The lowest BCUT2D eigenvalue weighted by molar-refractivity contribution is 0.632. The quantitative estimate of drug-likeness (QED) is 0.551. The standard InChI is InChI=1S/C10H11FN2/c1-2-3-6-13-10-5-4-8(12)7-9(10)11/h2-7,13H,1,12H2/b6-3-. The summed E-state index contributed by atoms with van der Waals surface area (Å²) in [6.07, 6.45) is 4.87. The average molecular weight is 178 g/mol. The minimum absolute atomic E-state index is 0.367. The molecule has 2 nitrogen and oxygen atoms in total. The van der Waals surface area contributed by atoms with Gasteiger partial charge < -0.3 is 11.1 Å². The van der Waals surface area contributed by atoms with Crippen LogP contribution in [-0.4, -0.2) is 0 Å². The Bertz CT molecular complexity index is 332. The summed E-state index contributed by atoms with van der Waals surface area (Å²) in [5.74, 6) is -0.367. The molecule has 68 valence electrons. The molecule has 0 aliphatic rings. The van der Waals surface area contributed by atoms with E-state index in [9.17, 15) is 4.39 Å². The van der Waals surface area contributed by atoms with Crippen LogP contribution in [-0.2, 0) is 0 Å². The van der Waals surface area contributed by atoms with Crippen LogP contribution in [0.15, 0.2) is 43.1 Å². The smallest absolute Gasteiger partial charge is 0.148 e. The van der Waals surface area contributed by atoms with Crippen LogP contribution < -0.4 is 11.1 Å². The van der Waals surface area contributed by atoms with Crippen LogP contribution in [0.4, 0.5) is 15.8 Å². The lowest BCUT2D eigenvalue weighted by Crippen LogP contribution is -1.93. The van der Waals surface area contributed by atoms with E-state index < -0.39 is 0 Å². The molecule has 13 heavy (non-hydrogen) atoms. The molecule has 1 rings (SSSR count). The molecule has 1 aromatic rings. The first-order chi connectivity index (χ1) is 6.24. The molecular weight excluding hydrogens is 167 g/mol. The van der Waals surface area contributed by atoms with Crippen LogP contribution in [0.25, 0.3) is 0 Å². The predicted octanol–water partition coefficient (Wildman–Crippen LogP) is 2.52. The maximum atomic E-state index is 13.1. The Labute approximate surface area is 76.6 Å². The summed E-state index contributed by atoms with van der Waals surface area (Å²) in [5.41, 5.74) is 6.19. The topological polar surface area (TPSA) is 38.0 Å². The number of anilines is 2. The minimum Gasteiger partial charge on any atom is -0.399 e. The number of nitrogens with one attached hydrogen (secondary N) is 1. The first-order valence-corrected chi connectivity index (χ1v) is 3.83. The number of hydrogen-bond donors (Lipinski definition) is 2. The number of benzene rings is 1. The molecule has 0 aliphatic carbocycles. The van der Waals surface area contributed by atoms with Crippen molar-refractivity contribution in [2.45, 2.75) is 0 Å². The summed E-state index contributed by atoms with van der Waals surface area (Å²) in [5, 5.41) is 2.76. The second kappa shape index (κ2) is 4.30. The van der Waals surface area contributed by atoms with Crippen molar-refractivity contribution in [2.75, 3.05) is 11.1 Å². The number of halogens is 1. The summed E-state index contributed by atoms with van der Waals surface area (Å²) in [7, 11) is 0. The first-order valence-electron chi connectivity index (χ1n) is 3.83. The van der Waals surface area contributed by atoms with Crippen molar-refractivity contribution in [3.05, 3.63) is 48.9 Å². The summed E-state index contributed by atoms with van der Waals surface area (Å²) < 4.78 is 13.1. The molecule has 0 saturated carbocycles. The van der Waals surface area contributed by atoms with Gasteiger partial charge in [0.15, 0.2) is 0 Å². The number of rotatable bonds is 3. The van der Waals surface area contributed by atoms with Gasteiger partial charge in [-0.1, -0.05) is 12.7 Å². The van der Waals surface area contributed by atoms with Crippen molar-refractivity contribution in [1.82, 2.24) is 0 Å². The van der Waals surface area contributed by atoms with Crippen LogP contribution in [0.2, 0.25) is 0 Å². The summed E-state index contributed by atoms with van der Waals surface area (Å²) >= 11 is 0. The third-order valence-electron chi connectivity index (χ3n) is 1.46. The minimum atomic E-state index is -0.367. The molecular formula is C10H11FN2. The zero-order valence-corrected chi connectivity index (χ0v) is 7.13. The van der Waals surface area contributed by atoms with E-state index in [0.29, 0.717) is 11.4 Å². The molecule has 0 spiro atoms. The molecule has 0 atom stereocenters. The van der Waals surface area contributed by atoms with Gasteiger partial charge in [0, 0.05) is 11.9 Å². The van der Waals surface area contributed by atoms with Crippen molar-refractivity contribution in [3.63, 3.8) is 0 Å². The van der Waals surface area contributed by atoms with Crippen molar-refractivity contribution in [3.8, 4) is 0 Å². The van der Waals surface area contributed by atoms with Gasteiger partial charge in [-0.2, -0.15) is 0 Å². The number of hydrogen-bond acceptors (Lipinski definition) is 2. The summed E-state index contributed by atoms with van der Waals surface area (Å²) in [6, 6.07) is 4.48. The molecule has 0 unspecified atom stereocenters. The van der Waals surface area contributed by atoms with E-state index >= 15 is 0 Å². The molecule has 0 heterocycles. The third-order valence-corrected chi connectivity index (χ3v) is 1.46. The Kier molecular flexibility index (Phi) is 3.09. The normalized spacial score (nSPS) is 10.2. The molecule has 3 N–H and O–H groups in total. The Morgan fingerprint density at radius 2 is 2.23 bits per heavy atom. The van der Waals surface area contributed by atoms with E-state index in [1.54, 1.807) is 30.5 Å². The van der Waals surface area contributed by atoms with Gasteiger partial charge in [-0.05, 0) is 24.3 Å². The lowest BCUT2D eigenvalue weighted by atomic mass is 10.3. The van der Waals surface area contributed by atoms with E-state index in [1.807, 2.05) is 0 Å². The Hall–Kier alpha value is -1.77. The van der Waals surface area contributed by atoms with Crippen molar-refractivity contribution < 1.29 is 4.39 Å². The lowest BCUT2D eigenvalue weighted by Gasteiger charge is -2.02. The van der Waals surface area contributed by atoms with E-state index in [2.05, 4.69) is 11.9 Å². The molecule has 0 bridgehead atoms. The fourth-order valence-corrected chi connectivity index (χ4v) is 0.854. The summed E-state index contributed by atoms with van der Waals surface area (Å²) in [6.45, 7) is 3.49.